The van der Waals surface area contributed by atoms with Crippen molar-refractivity contribution in [3.8, 4) is 34.6 Å². The van der Waals surface area contributed by atoms with Crippen molar-refractivity contribution in [1.82, 2.24) is 9.78 Å². The molecule has 1 aromatic heterocycles. The lowest BCUT2D eigenvalue weighted by Gasteiger charge is -2.17. The summed E-state index contributed by atoms with van der Waals surface area (Å²) in [6.45, 7) is 0. The molecule has 4 rings (SSSR count). The van der Waals surface area contributed by atoms with Crippen LogP contribution in [0.25, 0.3) is 22.3 Å². The molecule has 0 fully saturated rings. The standard InChI is InChI=1S/C26H19FN2O3S/c1-3-24(19-7-5-4-6-8-19)29-26(30)25(20-9-13-21(27)14-10-20)23(17-28-29)18-11-15-22(16-12-18)33(2,31)32/h1,4-17,24H,2H3. The van der Waals surface area contributed by atoms with Gasteiger partial charge < -0.3 is 0 Å². The Balaban J connectivity index is 1.95. The van der Waals surface area contributed by atoms with Crippen molar-refractivity contribution in [2.45, 2.75) is 10.9 Å². The molecule has 5 nitrogen and oxygen atoms in total. The van der Waals surface area contributed by atoms with Gasteiger partial charge in [-0.05, 0) is 41.0 Å². The van der Waals surface area contributed by atoms with Gasteiger partial charge >= 0.3 is 0 Å². The van der Waals surface area contributed by atoms with Crippen LogP contribution in [0.5, 0.6) is 0 Å². The largest absolute Gasteiger partial charge is 0.276 e. The Bertz CT molecular complexity index is 1500. The molecule has 0 amide bonds. The maximum absolute atomic E-state index is 13.7. The summed E-state index contributed by atoms with van der Waals surface area (Å²) < 4.78 is 38.5. The van der Waals surface area contributed by atoms with Crippen LogP contribution >= 0.6 is 0 Å². The van der Waals surface area contributed by atoms with E-state index in [9.17, 15) is 17.6 Å². The second kappa shape index (κ2) is 8.85. The molecule has 0 bridgehead atoms. The van der Waals surface area contributed by atoms with Crippen LogP contribution in [0.4, 0.5) is 4.39 Å². The molecule has 0 saturated heterocycles. The topological polar surface area (TPSA) is 69.0 Å². The fourth-order valence-electron chi connectivity index (χ4n) is 3.59. The monoisotopic (exact) mass is 458 g/mol. The van der Waals surface area contributed by atoms with E-state index >= 15 is 0 Å². The van der Waals surface area contributed by atoms with Gasteiger partial charge in [0.1, 0.15) is 11.9 Å². The van der Waals surface area contributed by atoms with E-state index in [4.69, 9.17) is 6.42 Å². The van der Waals surface area contributed by atoms with Gasteiger partial charge in [0, 0.05) is 11.8 Å². The molecule has 0 spiro atoms. The first-order valence-electron chi connectivity index (χ1n) is 9.99. The van der Waals surface area contributed by atoms with Crippen molar-refractivity contribution in [3.63, 3.8) is 0 Å². The van der Waals surface area contributed by atoms with Gasteiger partial charge in [-0.25, -0.2) is 17.5 Å². The smallest absolute Gasteiger partial charge is 0.267 e. The predicted molar refractivity (Wildman–Crippen MR) is 126 cm³/mol. The maximum Gasteiger partial charge on any atom is 0.276 e. The SMILES string of the molecule is C#CC(c1ccccc1)n1ncc(-c2ccc(S(C)(=O)=O)cc2)c(-c2ccc(F)cc2)c1=O. The van der Waals surface area contributed by atoms with Crippen LogP contribution in [0.3, 0.4) is 0 Å². The van der Waals surface area contributed by atoms with E-state index in [1.165, 1.54) is 47.3 Å². The highest BCUT2D eigenvalue weighted by Crippen LogP contribution is 2.30. The average molecular weight is 459 g/mol. The lowest BCUT2D eigenvalue weighted by Crippen LogP contribution is -2.29. The van der Waals surface area contributed by atoms with Gasteiger partial charge in [-0.15, -0.1) is 6.42 Å². The van der Waals surface area contributed by atoms with Gasteiger partial charge in [0.2, 0.25) is 0 Å². The first-order valence-corrected chi connectivity index (χ1v) is 11.9. The second-order valence-electron chi connectivity index (χ2n) is 7.47. The molecule has 164 valence electrons. The Labute approximate surface area is 191 Å². The van der Waals surface area contributed by atoms with Crippen molar-refractivity contribution in [1.29, 1.82) is 0 Å². The zero-order valence-electron chi connectivity index (χ0n) is 17.6. The van der Waals surface area contributed by atoms with E-state index in [2.05, 4.69) is 11.0 Å². The zero-order chi connectivity index (χ0) is 23.6. The minimum absolute atomic E-state index is 0.160. The van der Waals surface area contributed by atoms with Crippen molar-refractivity contribution in [2.24, 2.45) is 0 Å². The molecule has 0 aliphatic carbocycles. The van der Waals surface area contributed by atoms with Crippen molar-refractivity contribution >= 4 is 9.84 Å². The van der Waals surface area contributed by atoms with E-state index in [0.29, 0.717) is 16.7 Å². The molecule has 0 aliphatic heterocycles. The third-order valence-corrected chi connectivity index (χ3v) is 6.38. The minimum atomic E-state index is -3.37. The van der Waals surface area contributed by atoms with Crippen molar-refractivity contribution < 1.29 is 12.8 Å². The number of sulfone groups is 1. The summed E-state index contributed by atoms with van der Waals surface area (Å²) in [5.41, 5.74) is 2.13. The Morgan fingerprint density at radius 1 is 0.939 bits per heavy atom. The molecule has 7 heteroatoms. The van der Waals surface area contributed by atoms with Crippen molar-refractivity contribution in [3.05, 3.63) is 107 Å². The normalized spacial score (nSPS) is 12.2. The number of benzene rings is 3. The van der Waals surface area contributed by atoms with E-state index in [-0.39, 0.29) is 10.5 Å². The molecule has 0 radical (unpaired) electrons. The van der Waals surface area contributed by atoms with Gasteiger partial charge in [0.25, 0.3) is 5.56 Å². The molecule has 1 heterocycles. The number of hydrogen-bond acceptors (Lipinski definition) is 4. The second-order valence-corrected chi connectivity index (χ2v) is 9.48. The molecular weight excluding hydrogens is 439 g/mol. The number of nitrogens with zero attached hydrogens (tertiary/aromatic N) is 2. The fraction of sp³-hybridized carbons (Fsp3) is 0.0769. The molecule has 33 heavy (non-hydrogen) atoms. The Morgan fingerprint density at radius 3 is 2.12 bits per heavy atom. The minimum Gasteiger partial charge on any atom is -0.267 e. The molecular formula is C26H19FN2O3S. The van der Waals surface area contributed by atoms with Gasteiger partial charge in [0.05, 0.1) is 16.7 Å². The van der Waals surface area contributed by atoms with Crippen LogP contribution in [0.1, 0.15) is 11.6 Å². The Morgan fingerprint density at radius 2 is 1.55 bits per heavy atom. The van der Waals surface area contributed by atoms with E-state index < -0.39 is 27.3 Å². The third kappa shape index (κ3) is 4.47. The maximum atomic E-state index is 13.7. The quantitative estimate of drug-likeness (QED) is 0.417. The average Bonchev–Trinajstić information content (AvgIpc) is 2.81. The molecule has 0 aliphatic rings. The molecule has 0 saturated carbocycles. The van der Waals surface area contributed by atoms with E-state index in [0.717, 1.165) is 11.8 Å². The van der Waals surface area contributed by atoms with Gasteiger partial charge in [-0.1, -0.05) is 60.5 Å². The lowest BCUT2D eigenvalue weighted by molar-refractivity contribution is 0.589. The highest BCUT2D eigenvalue weighted by atomic mass is 32.2. The summed E-state index contributed by atoms with van der Waals surface area (Å²) in [6, 6.07) is 20.1. The third-order valence-electron chi connectivity index (χ3n) is 5.25. The zero-order valence-corrected chi connectivity index (χ0v) is 18.5. The van der Waals surface area contributed by atoms with Crippen LogP contribution in [0, 0.1) is 18.2 Å². The number of hydrogen-bond donors (Lipinski definition) is 0. The van der Waals surface area contributed by atoms with Gasteiger partial charge in [-0.3, -0.25) is 4.79 Å². The van der Waals surface area contributed by atoms with Crippen LogP contribution in [-0.2, 0) is 9.84 Å². The lowest BCUT2D eigenvalue weighted by atomic mass is 9.97. The van der Waals surface area contributed by atoms with Gasteiger partial charge in [0.15, 0.2) is 9.84 Å². The highest BCUT2D eigenvalue weighted by Gasteiger charge is 2.20. The van der Waals surface area contributed by atoms with Crippen LogP contribution in [-0.4, -0.2) is 24.5 Å². The molecule has 4 aromatic rings. The first-order chi connectivity index (χ1) is 15.8. The van der Waals surface area contributed by atoms with E-state index in [1.54, 1.807) is 12.1 Å². The molecule has 1 unspecified atom stereocenters. The summed E-state index contributed by atoms with van der Waals surface area (Å²) in [5, 5.41) is 4.35. The first kappa shape index (κ1) is 22.2. The Hall–Kier alpha value is -4.02. The molecule has 0 N–H and O–H groups in total. The van der Waals surface area contributed by atoms with Crippen LogP contribution < -0.4 is 5.56 Å². The number of terminal acetylenes is 1. The molecule has 3 aromatic carbocycles. The van der Waals surface area contributed by atoms with Gasteiger partial charge in [-0.2, -0.15) is 5.10 Å². The van der Waals surface area contributed by atoms with Crippen LogP contribution in [0.15, 0.2) is 94.7 Å². The number of halogens is 1. The summed E-state index contributed by atoms with van der Waals surface area (Å²) in [5.74, 6) is 2.19. The van der Waals surface area contributed by atoms with E-state index in [1.807, 2.05) is 30.3 Å². The summed E-state index contributed by atoms with van der Waals surface area (Å²) in [6.07, 6.45) is 8.40. The highest BCUT2D eigenvalue weighted by molar-refractivity contribution is 7.90. The summed E-state index contributed by atoms with van der Waals surface area (Å²) in [7, 11) is -3.37. The fourth-order valence-corrected chi connectivity index (χ4v) is 4.22. The number of aromatic nitrogens is 2. The summed E-state index contributed by atoms with van der Waals surface area (Å²) >= 11 is 0. The van der Waals surface area contributed by atoms with Crippen molar-refractivity contribution in [2.75, 3.05) is 6.26 Å². The van der Waals surface area contributed by atoms with Crippen LogP contribution in [0.2, 0.25) is 0 Å². The molecule has 1 atom stereocenters. The number of rotatable bonds is 5. The summed E-state index contributed by atoms with van der Waals surface area (Å²) in [4.78, 5) is 13.8. The predicted octanol–water partition coefficient (Wildman–Crippen LogP) is 4.34. The Kier molecular flexibility index (Phi) is 5.95.